The average molecular weight is 480 g/mol. The van der Waals surface area contributed by atoms with Gasteiger partial charge in [-0.3, -0.25) is 10.1 Å². The third-order valence-corrected chi connectivity index (χ3v) is 5.46. The lowest BCUT2D eigenvalue weighted by molar-refractivity contribution is -0.385. The Morgan fingerprint density at radius 2 is 1.93 bits per heavy atom. The van der Waals surface area contributed by atoms with Crippen LogP contribution < -0.4 is 9.92 Å². The summed E-state index contributed by atoms with van der Waals surface area (Å²) in [5, 5.41) is 20.1. The minimum Gasteiger partial charge on any atom is -0.465 e. The number of carboxylic acid groups (broad SMARTS) is 1. The molecular weight excluding hydrogens is 469 g/mol. The molecule has 1 amide bonds. The monoisotopic (exact) mass is 479 g/mol. The maximum Gasteiger partial charge on any atom is 0.413 e. The first-order valence-corrected chi connectivity index (χ1v) is 9.96. The number of amides is 1. The van der Waals surface area contributed by atoms with Gasteiger partial charge in [0.1, 0.15) is 4.90 Å². The van der Waals surface area contributed by atoms with Crippen LogP contribution in [0.1, 0.15) is 5.56 Å². The molecule has 0 atom stereocenters. The average Bonchev–Trinajstić information content (AvgIpc) is 2.61. The topological polar surface area (TPSA) is 153 Å². The summed E-state index contributed by atoms with van der Waals surface area (Å²) in [7, 11) is -4.51. The van der Waals surface area contributed by atoms with Gasteiger partial charge in [-0.05, 0) is 36.5 Å². The molecule has 0 aliphatic rings. The van der Waals surface area contributed by atoms with Crippen molar-refractivity contribution < 1.29 is 27.4 Å². The van der Waals surface area contributed by atoms with Gasteiger partial charge in [0.25, 0.3) is 5.69 Å². The van der Waals surface area contributed by atoms with Crippen LogP contribution in [0.5, 0.6) is 5.75 Å². The number of benzene rings is 2. The summed E-state index contributed by atoms with van der Waals surface area (Å²) >= 11 is 16.3. The number of hydrogen-bond acceptors (Lipinski definition) is 7. The number of halogens is 2. The highest BCUT2D eigenvalue weighted by molar-refractivity contribution is 7.87. The molecule has 2 aromatic carbocycles. The van der Waals surface area contributed by atoms with Gasteiger partial charge < -0.3 is 15.0 Å². The van der Waals surface area contributed by atoms with E-state index in [0.717, 1.165) is 24.3 Å². The van der Waals surface area contributed by atoms with Crippen LogP contribution in [0.3, 0.4) is 0 Å². The zero-order valence-electron chi connectivity index (χ0n) is 14.1. The summed E-state index contributed by atoms with van der Waals surface area (Å²) in [4.78, 5) is 21.6. The Labute approximate surface area is 179 Å². The second-order valence-electron chi connectivity index (χ2n) is 5.37. The number of rotatable bonds is 6. The zero-order valence-corrected chi connectivity index (χ0v) is 17.3. The van der Waals surface area contributed by atoms with Gasteiger partial charge >= 0.3 is 16.2 Å². The van der Waals surface area contributed by atoms with Crippen LogP contribution in [-0.2, 0) is 16.7 Å². The molecule has 29 heavy (non-hydrogen) atoms. The third-order valence-electron chi connectivity index (χ3n) is 3.46. The van der Waals surface area contributed by atoms with Crippen molar-refractivity contribution in [2.24, 2.45) is 5.73 Å². The molecule has 0 fully saturated rings. The number of hydrogen-bond donors (Lipinski definition) is 2. The first kappa shape index (κ1) is 22.6. The summed E-state index contributed by atoms with van der Waals surface area (Å²) in [5.74, 6) is -0.267. The van der Waals surface area contributed by atoms with Crippen molar-refractivity contribution in [3.8, 4) is 5.75 Å². The first-order valence-electron chi connectivity index (χ1n) is 7.39. The van der Waals surface area contributed by atoms with E-state index in [1.807, 2.05) is 0 Å². The summed E-state index contributed by atoms with van der Waals surface area (Å²) in [6, 6.07) is 6.69. The van der Waals surface area contributed by atoms with Gasteiger partial charge in [-0.15, -0.1) is 0 Å². The van der Waals surface area contributed by atoms with E-state index in [0.29, 0.717) is 4.90 Å². The molecule has 0 aromatic heterocycles. The molecule has 0 saturated carbocycles. The van der Waals surface area contributed by atoms with Gasteiger partial charge in [0.2, 0.25) is 0 Å². The van der Waals surface area contributed by atoms with E-state index in [1.165, 1.54) is 12.1 Å². The SMILES string of the molecule is NC(=S)N(Cc1ccc(S(=O)(=O)Oc2cc(Cl)ccc2Cl)cc1[N+](=O)[O-])C(=O)O. The number of nitro groups is 1. The number of carbonyl (C=O) groups is 1. The fraction of sp³-hybridized carbons (Fsp3) is 0.0667. The normalized spacial score (nSPS) is 11.0. The van der Waals surface area contributed by atoms with Gasteiger partial charge in [-0.1, -0.05) is 23.2 Å². The minimum absolute atomic E-state index is 0.0438. The molecule has 0 bridgehead atoms. The third kappa shape index (κ3) is 5.44. The van der Waals surface area contributed by atoms with E-state index in [1.54, 1.807) is 0 Å². The lowest BCUT2D eigenvalue weighted by Gasteiger charge is -2.17. The molecule has 154 valence electrons. The van der Waals surface area contributed by atoms with Gasteiger partial charge in [0, 0.05) is 22.7 Å². The number of nitrogens with zero attached hydrogens (tertiary/aromatic N) is 2. The smallest absolute Gasteiger partial charge is 0.413 e. The fourth-order valence-corrected chi connectivity index (χ4v) is 3.59. The fourth-order valence-electron chi connectivity index (χ4n) is 2.12. The van der Waals surface area contributed by atoms with Gasteiger partial charge in [-0.2, -0.15) is 8.42 Å². The molecular formula is C15H11Cl2N3O7S2. The standard InChI is InChI=1S/C15H11Cl2N3O7S2/c16-9-2-4-11(17)13(5-9)27-29(25,26)10-3-1-8(12(6-10)20(23)24)7-19(14(18)28)15(21)22/h1-6H,7H2,(H2,18,28)(H,21,22). The Balaban J connectivity index is 2.45. The van der Waals surface area contributed by atoms with Crippen molar-refractivity contribution in [2.75, 3.05) is 0 Å². The van der Waals surface area contributed by atoms with E-state index in [2.05, 4.69) is 12.2 Å². The van der Waals surface area contributed by atoms with Crippen LogP contribution in [-0.4, -0.2) is 34.6 Å². The summed E-state index contributed by atoms with van der Waals surface area (Å²) in [6.07, 6.45) is -1.53. The van der Waals surface area contributed by atoms with Gasteiger partial charge in [0.05, 0.1) is 16.5 Å². The number of nitrogens with two attached hydrogens (primary N) is 1. The second kappa shape index (κ2) is 8.78. The summed E-state index contributed by atoms with van der Waals surface area (Å²) in [5.41, 5.74) is 4.48. The predicted octanol–water partition coefficient (Wildman–Crippen LogP) is 3.39. The summed E-state index contributed by atoms with van der Waals surface area (Å²) in [6.45, 7) is -0.553. The van der Waals surface area contributed by atoms with Crippen molar-refractivity contribution in [3.05, 3.63) is 62.1 Å². The molecule has 0 spiro atoms. The van der Waals surface area contributed by atoms with Crippen molar-refractivity contribution in [2.45, 2.75) is 11.4 Å². The molecule has 3 N–H and O–H groups in total. The largest absolute Gasteiger partial charge is 0.465 e. The van der Waals surface area contributed by atoms with Crippen LogP contribution >= 0.6 is 35.4 Å². The lowest BCUT2D eigenvalue weighted by atomic mass is 10.1. The summed E-state index contributed by atoms with van der Waals surface area (Å²) < 4.78 is 29.9. The molecule has 0 radical (unpaired) electrons. The molecule has 10 nitrogen and oxygen atoms in total. The first-order chi connectivity index (χ1) is 13.4. The quantitative estimate of drug-likeness (QED) is 0.274. The predicted molar refractivity (Wildman–Crippen MR) is 108 cm³/mol. The van der Waals surface area contributed by atoms with Crippen LogP contribution in [0.4, 0.5) is 10.5 Å². The van der Waals surface area contributed by atoms with Crippen LogP contribution in [0.2, 0.25) is 10.0 Å². The van der Waals surface area contributed by atoms with E-state index < -0.39 is 43.4 Å². The maximum absolute atomic E-state index is 12.5. The Kier molecular flexibility index (Phi) is 6.85. The zero-order chi connectivity index (χ0) is 21.9. The molecule has 2 aromatic rings. The molecule has 0 aliphatic carbocycles. The molecule has 0 saturated heterocycles. The van der Waals surface area contributed by atoms with Crippen LogP contribution in [0, 0.1) is 10.1 Å². The van der Waals surface area contributed by atoms with Gasteiger partial charge in [0.15, 0.2) is 10.9 Å². The highest BCUT2D eigenvalue weighted by Gasteiger charge is 2.26. The highest BCUT2D eigenvalue weighted by Crippen LogP contribution is 2.32. The molecule has 14 heteroatoms. The highest BCUT2D eigenvalue weighted by atomic mass is 35.5. The number of thiocarbonyl (C=S) groups is 1. The van der Waals surface area contributed by atoms with Crippen LogP contribution in [0.25, 0.3) is 0 Å². The van der Waals surface area contributed by atoms with Gasteiger partial charge in [-0.25, -0.2) is 9.69 Å². The lowest BCUT2D eigenvalue weighted by Crippen LogP contribution is -2.39. The Morgan fingerprint density at radius 3 is 2.48 bits per heavy atom. The minimum atomic E-state index is -4.51. The Morgan fingerprint density at radius 1 is 1.28 bits per heavy atom. The van der Waals surface area contributed by atoms with E-state index in [-0.39, 0.29) is 21.4 Å². The van der Waals surface area contributed by atoms with Crippen molar-refractivity contribution >= 4 is 62.4 Å². The van der Waals surface area contributed by atoms with Crippen molar-refractivity contribution in [3.63, 3.8) is 0 Å². The Hall–Kier alpha value is -2.67. The van der Waals surface area contributed by atoms with E-state index >= 15 is 0 Å². The van der Waals surface area contributed by atoms with Crippen LogP contribution in [0.15, 0.2) is 41.3 Å². The number of nitro benzene ring substituents is 1. The van der Waals surface area contributed by atoms with Crippen molar-refractivity contribution in [1.29, 1.82) is 0 Å². The van der Waals surface area contributed by atoms with E-state index in [9.17, 15) is 23.3 Å². The molecule has 2 rings (SSSR count). The maximum atomic E-state index is 12.5. The molecule has 0 aliphatic heterocycles. The molecule has 0 heterocycles. The molecule has 0 unspecified atom stereocenters. The van der Waals surface area contributed by atoms with E-state index in [4.69, 9.17) is 38.2 Å². The van der Waals surface area contributed by atoms with Crippen molar-refractivity contribution in [1.82, 2.24) is 4.90 Å². The Bertz CT molecular complexity index is 1100. The second-order valence-corrected chi connectivity index (χ2v) is 8.18.